The maximum absolute atomic E-state index is 11.8. The van der Waals surface area contributed by atoms with E-state index in [9.17, 15) is 4.79 Å². The molecule has 0 spiro atoms. The molecule has 1 aromatic carbocycles. The molecule has 0 aliphatic heterocycles. The summed E-state index contributed by atoms with van der Waals surface area (Å²) in [4.78, 5) is 16.6. The van der Waals surface area contributed by atoms with E-state index in [1.165, 1.54) is 11.8 Å². The van der Waals surface area contributed by atoms with Gasteiger partial charge in [-0.15, -0.1) is 11.8 Å². The van der Waals surface area contributed by atoms with Crippen molar-refractivity contribution in [3.63, 3.8) is 0 Å². The number of amides is 1. The molecule has 0 aliphatic carbocycles. The van der Waals surface area contributed by atoms with Gasteiger partial charge in [-0.3, -0.25) is 9.78 Å². The molecular weight excluding hydrogens is 286 g/mol. The summed E-state index contributed by atoms with van der Waals surface area (Å²) in [6.45, 7) is 0.475. The SMILES string of the molecule is COc1cccc(CNC(=O)CSc2ccncc2N)c1. The second-order valence-electron chi connectivity index (χ2n) is 4.33. The number of anilines is 1. The third-order valence-corrected chi connectivity index (χ3v) is 3.88. The minimum atomic E-state index is -0.0426. The number of methoxy groups -OCH3 is 1. The number of benzene rings is 1. The van der Waals surface area contributed by atoms with Crippen LogP contribution in [-0.4, -0.2) is 23.8 Å². The van der Waals surface area contributed by atoms with Gasteiger partial charge < -0.3 is 15.8 Å². The van der Waals surface area contributed by atoms with E-state index in [0.29, 0.717) is 18.0 Å². The van der Waals surface area contributed by atoms with Crippen LogP contribution < -0.4 is 15.8 Å². The van der Waals surface area contributed by atoms with Gasteiger partial charge in [0.2, 0.25) is 5.91 Å². The molecule has 110 valence electrons. The Kier molecular flexibility index (Phi) is 5.45. The quantitative estimate of drug-likeness (QED) is 0.799. The first-order valence-corrected chi connectivity index (χ1v) is 7.39. The number of ether oxygens (including phenoxy) is 1. The molecule has 6 heteroatoms. The predicted octanol–water partition coefficient (Wildman–Crippen LogP) is 2.08. The van der Waals surface area contributed by atoms with Crippen LogP contribution in [-0.2, 0) is 11.3 Å². The number of hydrogen-bond donors (Lipinski definition) is 2. The van der Waals surface area contributed by atoms with E-state index >= 15 is 0 Å². The van der Waals surface area contributed by atoms with Crippen molar-refractivity contribution in [3.05, 3.63) is 48.3 Å². The largest absolute Gasteiger partial charge is 0.497 e. The number of carbonyl (C=O) groups excluding carboxylic acids is 1. The van der Waals surface area contributed by atoms with Gasteiger partial charge in [0.1, 0.15) is 5.75 Å². The van der Waals surface area contributed by atoms with Gasteiger partial charge in [0.15, 0.2) is 0 Å². The molecule has 1 heterocycles. The lowest BCUT2D eigenvalue weighted by Gasteiger charge is -2.07. The predicted molar refractivity (Wildman–Crippen MR) is 84.2 cm³/mol. The first kappa shape index (κ1) is 15.2. The lowest BCUT2D eigenvalue weighted by molar-refractivity contribution is -0.118. The van der Waals surface area contributed by atoms with E-state index < -0.39 is 0 Å². The number of nitrogens with zero attached hydrogens (tertiary/aromatic N) is 1. The fraction of sp³-hybridized carbons (Fsp3) is 0.200. The molecule has 2 aromatic rings. The van der Waals surface area contributed by atoms with Gasteiger partial charge in [0.05, 0.1) is 24.7 Å². The molecule has 0 fully saturated rings. The van der Waals surface area contributed by atoms with Crippen molar-refractivity contribution in [2.45, 2.75) is 11.4 Å². The summed E-state index contributed by atoms with van der Waals surface area (Å²) >= 11 is 1.40. The summed E-state index contributed by atoms with van der Waals surface area (Å²) in [5.74, 6) is 1.05. The molecule has 0 bridgehead atoms. The second-order valence-corrected chi connectivity index (χ2v) is 5.35. The molecular formula is C15H17N3O2S. The molecule has 0 atom stereocenters. The molecule has 3 N–H and O–H groups in total. The first-order valence-electron chi connectivity index (χ1n) is 6.41. The second kappa shape index (κ2) is 7.54. The first-order chi connectivity index (χ1) is 10.2. The van der Waals surface area contributed by atoms with Crippen molar-refractivity contribution in [2.24, 2.45) is 0 Å². The third kappa shape index (κ3) is 4.68. The maximum atomic E-state index is 11.8. The zero-order chi connectivity index (χ0) is 15.1. The van der Waals surface area contributed by atoms with Crippen molar-refractivity contribution >= 4 is 23.4 Å². The Labute approximate surface area is 127 Å². The van der Waals surface area contributed by atoms with E-state index in [1.807, 2.05) is 24.3 Å². The number of nitrogens with two attached hydrogens (primary N) is 1. The van der Waals surface area contributed by atoms with Crippen LogP contribution in [0, 0.1) is 0 Å². The van der Waals surface area contributed by atoms with E-state index in [0.717, 1.165) is 16.2 Å². The Morgan fingerprint density at radius 1 is 1.43 bits per heavy atom. The van der Waals surface area contributed by atoms with Crippen molar-refractivity contribution in [1.82, 2.24) is 10.3 Å². The highest BCUT2D eigenvalue weighted by Crippen LogP contribution is 2.23. The number of hydrogen-bond acceptors (Lipinski definition) is 5. The Morgan fingerprint density at radius 2 is 2.29 bits per heavy atom. The van der Waals surface area contributed by atoms with E-state index in [2.05, 4.69) is 10.3 Å². The topological polar surface area (TPSA) is 77.2 Å². The number of nitrogen functional groups attached to an aromatic ring is 1. The number of carbonyl (C=O) groups is 1. The van der Waals surface area contributed by atoms with Gasteiger partial charge in [-0.1, -0.05) is 12.1 Å². The van der Waals surface area contributed by atoms with Crippen molar-refractivity contribution in [1.29, 1.82) is 0 Å². The van der Waals surface area contributed by atoms with Crippen molar-refractivity contribution in [3.8, 4) is 5.75 Å². The molecule has 1 aromatic heterocycles. The lowest BCUT2D eigenvalue weighted by Crippen LogP contribution is -2.24. The zero-order valence-electron chi connectivity index (χ0n) is 11.7. The monoisotopic (exact) mass is 303 g/mol. The van der Waals surface area contributed by atoms with Gasteiger partial charge in [-0.05, 0) is 23.8 Å². The third-order valence-electron chi connectivity index (χ3n) is 2.79. The van der Waals surface area contributed by atoms with Crippen LogP contribution in [0.4, 0.5) is 5.69 Å². The maximum Gasteiger partial charge on any atom is 0.230 e. The standard InChI is InChI=1S/C15H17N3O2S/c1-20-12-4-2-3-11(7-12)8-18-15(19)10-21-14-5-6-17-9-13(14)16/h2-7,9H,8,10,16H2,1H3,(H,18,19). The van der Waals surface area contributed by atoms with Crippen LogP contribution in [0.3, 0.4) is 0 Å². The highest BCUT2D eigenvalue weighted by Gasteiger charge is 2.05. The van der Waals surface area contributed by atoms with Crippen LogP contribution in [0.15, 0.2) is 47.6 Å². The van der Waals surface area contributed by atoms with Crippen molar-refractivity contribution in [2.75, 3.05) is 18.6 Å². The molecule has 0 saturated heterocycles. The Balaban J connectivity index is 1.81. The average Bonchev–Trinajstić information content (AvgIpc) is 2.52. The van der Waals surface area contributed by atoms with Crippen LogP contribution in [0.2, 0.25) is 0 Å². The van der Waals surface area contributed by atoms with Crippen LogP contribution in [0.25, 0.3) is 0 Å². The van der Waals surface area contributed by atoms with Gasteiger partial charge in [-0.2, -0.15) is 0 Å². The highest BCUT2D eigenvalue weighted by molar-refractivity contribution is 8.00. The van der Waals surface area contributed by atoms with Gasteiger partial charge >= 0.3 is 0 Å². The fourth-order valence-corrected chi connectivity index (χ4v) is 2.47. The molecule has 0 radical (unpaired) electrons. The molecule has 2 rings (SSSR count). The minimum Gasteiger partial charge on any atom is -0.497 e. The summed E-state index contributed by atoms with van der Waals surface area (Å²) in [6.07, 6.45) is 3.24. The molecule has 0 unspecified atom stereocenters. The van der Waals surface area contributed by atoms with Gasteiger partial charge in [-0.25, -0.2) is 0 Å². The molecule has 21 heavy (non-hydrogen) atoms. The molecule has 0 saturated carbocycles. The summed E-state index contributed by atoms with van der Waals surface area (Å²) in [5, 5.41) is 2.87. The molecule has 0 aliphatic rings. The number of pyridine rings is 1. The molecule has 1 amide bonds. The van der Waals surface area contributed by atoms with Crippen LogP contribution in [0.1, 0.15) is 5.56 Å². The minimum absolute atomic E-state index is 0.0426. The Bertz CT molecular complexity index is 619. The Morgan fingerprint density at radius 3 is 3.05 bits per heavy atom. The van der Waals surface area contributed by atoms with Gasteiger partial charge in [0.25, 0.3) is 0 Å². The van der Waals surface area contributed by atoms with Gasteiger partial charge in [0, 0.05) is 17.6 Å². The normalized spacial score (nSPS) is 10.1. The van der Waals surface area contributed by atoms with E-state index in [4.69, 9.17) is 10.5 Å². The lowest BCUT2D eigenvalue weighted by atomic mass is 10.2. The smallest absolute Gasteiger partial charge is 0.230 e. The van der Waals surface area contributed by atoms with E-state index in [1.54, 1.807) is 25.6 Å². The van der Waals surface area contributed by atoms with Crippen molar-refractivity contribution < 1.29 is 9.53 Å². The number of aromatic nitrogens is 1. The van der Waals surface area contributed by atoms with E-state index in [-0.39, 0.29) is 5.91 Å². The highest BCUT2D eigenvalue weighted by atomic mass is 32.2. The zero-order valence-corrected chi connectivity index (χ0v) is 12.5. The molecule has 5 nitrogen and oxygen atoms in total. The Hall–Kier alpha value is -2.21. The number of nitrogens with one attached hydrogen (secondary N) is 1. The summed E-state index contributed by atoms with van der Waals surface area (Å²) < 4.78 is 5.14. The summed E-state index contributed by atoms with van der Waals surface area (Å²) in [6, 6.07) is 9.40. The summed E-state index contributed by atoms with van der Waals surface area (Å²) in [5.41, 5.74) is 7.36. The average molecular weight is 303 g/mol. The fourth-order valence-electron chi connectivity index (χ4n) is 1.70. The number of thioether (sulfide) groups is 1. The van der Waals surface area contributed by atoms with Crippen LogP contribution in [0.5, 0.6) is 5.75 Å². The summed E-state index contributed by atoms with van der Waals surface area (Å²) in [7, 11) is 1.62. The number of rotatable bonds is 6. The van der Waals surface area contributed by atoms with Crippen LogP contribution >= 0.6 is 11.8 Å².